The molecule has 1 aromatic heterocycles. The Bertz CT molecular complexity index is 306. The van der Waals surface area contributed by atoms with E-state index in [1.165, 1.54) is 38.5 Å². The first-order valence-electron chi connectivity index (χ1n) is 7.01. The van der Waals surface area contributed by atoms with Gasteiger partial charge in [0.15, 0.2) is 0 Å². The van der Waals surface area contributed by atoms with E-state index in [2.05, 4.69) is 6.92 Å². The fraction of sp³-hybridized carbons (Fsp3) is 0.667. The lowest BCUT2D eigenvalue weighted by Gasteiger charge is -2.04. The van der Waals surface area contributed by atoms with Gasteiger partial charge in [0.2, 0.25) is 0 Å². The third kappa shape index (κ3) is 7.49. The van der Waals surface area contributed by atoms with Crippen LogP contribution in [-0.2, 0) is 16.0 Å². The van der Waals surface area contributed by atoms with Crippen molar-refractivity contribution in [3.05, 3.63) is 22.4 Å². The normalized spacial score (nSPS) is 10.5. The van der Waals surface area contributed by atoms with Crippen LogP contribution in [0.2, 0.25) is 0 Å². The molecule has 0 aliphatic heterocycles. The van der Waals surface area contributed by atoms with Gasteiger partial charge >= 0.3 is 5.97 Å². The van der Waals surface area contributed by atoms with Crippen molar-refractivity contribution in [2.75, 3.05) is 6.61 Å². The van der Waals surface area contributed by atoms with Crippen molar-refractivity contribution >= 4 is 17.3 Å². The molecule has 0 aromatic carbocycles. The van der Waals surface area contributed by atoms with Gasteiger partial charge in [0.05, 0.1) is 13.0 Å². The number of esters is 1. The first kappa shape index (κ1) is 15.2. The van der Waals surface area contributed by atoms with Gasteiger partial charge < -0.3 is 4.74 Å². The molecule has 18 heavy (non-hydrogen) atoms. The highest BCUT2D eigenvalue weighted by Crippen LogP contribution is 2.10. The zero-order chi connectivity index (χ0) is 13.1. The van der Waals surface area contributed by atoms with Gasteiger partial charge in [0.1, 0.15) is 0 Å². The monoisotopic (exact) mass is 268 g/mol. The quantitative estimate of drug-likeness (QED) is 0.458. The van der Waals surface area contributed by atoms with Crippen molar-refractivity contribution in [3.63, 3.8) is 0 Å². The predicted octanol–water partition coefficient (Wildman–Crippen LogP) is 4.58. The van der Waals surface area contributed by atoms with Gasteiger partial charge in [-0.25, -0.2) is 0 Å². The van der Waals surface area contributed by atoms with Crippen molar-refractivity contribution in [3.8, 4) is 0 Å². The molecule has 0 saturated heterocycles. The van der Waals surface area contributed by atoms with Crippen LogP contribution >= 0.6 is 11.3 Å². The molecular formula is C15H24O2S. The van der Waals surface area contributed by atoms with Gasteiger partial charge in [-0.15, -0.1) is 11.3 Å². The van der Waals surface area contributed by atoms with Gasteiger partial charge in [-0.2, -0.15) is 0 Å². The summed E-state index contributed by atoms with van der Waals surface area (Å²) < 4.78 is 5.21. The smallest absolute Gasteiger partial charge is 0.311 e. The lowest BCUT2D eigenvalue weighted by atomic mass is 10.1. The van der Waals surface area contributed by atoms with Crippen molar-refractivity contribution in [1.82, 2.24) is 0 Å². The molecule has 0 radical (unpaired) electrons. The molecule has 0 saturated carbocycles. The van der Waals surface area contributed by atoms with Crippen LogP contribution < -0.4 is 0 Å². The molecule has 0 atom stereocenters. The Labute approximate surface area is 114 Å². The SMILES string of the molecule is CCCCCCCCCOC(=O)Cc1cccs1. The largest absolute Gasteiger partial charge is 0.465 e. The number of hydrogen-bond donors (Lipinski definition) is 0. The maximum Gasteiger partial charge on any atom is 0.311 e. The second-order valence-electron chi connectivity index (χ2n) is 4.60. The van der Waals surface area contributed by atoms with Crippen LogP contribution in [-0.4, -0.2) is 12.6 Å². The van der Waals surface area contributed by atoms with E-state index in [0.717, 1.165) is 11.3 Å². The number of unbranched alkanes of at least 4 members (excludes halogenated alkanes) is 6. The molecule has 0 bridgehead atoms. The third-order valence-corrected chi connectivity index (χ3v) is 3.79. The Kier molecular flexibility index (Phi) is 8.57. The highest BCUT2D eigenvalue weighted by Gasteiger charge is 2.04. The maximum absolute atomic E-state index is 11.5. The van der Waals surface area contributed by atoms with E-state index in [4.69, 9.17) is 4.74 Å². The zero-order valence-electron chi connectivity index (χ0n) is 11.3. The van der Waals surface area contributed by atoms with Crippen LogP contribution in [0.3, 0.4) is 0 Å². The number of rotatable bonds is 10. The van der Waals surface area contributed by atoms with Gasteiger partial charge in [0.25, 0.3) is 0 Å². The Morgan fingerprint density at radius 3 is 2.56 bits per heavy atom. The zero-order valence-corrected chi connectivity index (χ0v) is 12.1. The van der Waals surface area contributed by atoms with Crippen LogP contribution in [0.25, 0.3) is 0 Å². The Morgan fingerprint density at radius 1 is 1.17 bits per heavy atom. The molecule has 0 aliphatic rings. The molecule has 0 amide bonds. The standard InChI is InChI=1S/C15H24O2S/c1-2-3-4-5-6-7-8-11-17-15(16)13-14-10-9-12-18-14/h9-10,12H,2-8,11,13H2,1H3. The van der Waals surface area contributed by atoms with Gasteiger partial charge in [0, 0.05) is 4.88 Å². The Hall–Kier alpha value is -0.830. The van der Waals surface area contributed by atoms with Crippen molar-refractivity contribution in [2.24, 2.45) is 0 Å². The molecule has 0 unspecified atom stereocenters. The number of carbonyl (C=O) groups is 1. The number of hydrogen-bond acceptors (Lipinski definition) is 3. The molecule has 0 N–H and O–H groups in total. The number of ether oxygens (including phenoxy) is 1. The average Bonchev–Trinajstić information content (AvgIpc) is 2.85. The van der Waals surface area contributed by atoms with Crippen molar-refractivity contribution in [1.29, 1.82) is 0 Å². The lowest BCUT2D eigenvalue weighted by Crippen LogP contribution is -2.08. The molecule has 0 fully saturated rings. The summed E-state index contributed by atoms with van der Waals surface area (Å²) in [5.74, 6) is -0.0940. The number of carbonyl (C=O) groups excluding carboxylic acids is 1. The van der Waals surface area contributed by atoms with E-state index in [-0.39, 0.29) is 5.97 Å². The topological polar surface area (TPSA) is 26.3 Å². The third-order valence-electron chi connectivity index (χ3n) is 2.91. The fourth-order valence-electron chi connectivity index (χ4n) is 1.85. The minimum Gasteiger partial charge on any atom is -0.465 e. The molecule has 1 heterocycles. The molecule has 2 nitrogen and oxygen atoms in total. The van der Waals surface area contributed by atoms with Crippen LogP contribution in [0.1, 0.15) is 56.7 Å². The van der Waals surface area contributed by atoms with E-state index < -0.39 is 0 Å². The highest BCUT2D eigenvalue weighted by molar-refractivity contribution is 7.10. The molecule has 0 aliphatic carbocycles. The molecule has 3 heteroatoms. The van der Waals surface area contributed by atoms with Gasteiger partial charge in [-0.3, -0.25) is 4.79 Å². The summed E-state index contributed by atoms with van der Waals surface area (Å²) in [7, 11) is 0. The van der Waals surface area contributed by atoms with E-state index in [9.17, 15) is 4.79 Å². The minimum atomic E-state index is -0.0940. The first-order valence-corrected chi connectivity index (χ1v) is 7.89. The van der Waals surface area contributed by atoms with Crippen LogP contribution in [0.4, 0.5) is 0 Å². The summed E-state index contributed by atoms with van der Waals surface area (Å²) in [5, 5.41) is 1.99. The summed E-state index contributed by atoms with van der Waals surface area (Å²) in [6.07, 6.45) is 9.16. The van der Waals surface area contributed by atoms with Crippen LogP contribution in [0.5, 0.6) is 0 Å². The summed E-state index contributed by atoms with van der Waals surface area (Å²) in [6, 6.07) is 3.93. The number of thiophene rings is 1. The average molecular weight is 268 g/mol. The summed E-state index contributed by atoms with van der Waals surface area (Å²) in [4.78, 5) is 12.6. The van der Waals surface area contributed by atoms with Crippen molar-refractivity contribution < 1.29 is 9.53 Å². The highest BCUT2D eigenvalue weighted by atomic mass is 32.1. The van der Waals surface area contributed by atoms with Crippen LogP contribution in [0, 0.1) is 0 Å². The van der Waals surface area contributed by atoms with E-state index >= 15 is 0 Å². The molecule has 1 rings (SSSR count). The van der Waals surface area contributed by atoms with Gasteiger partial charge in [-0.05, 0) is 17.9 Å². The summed E-state index contributed by atoms with van der Waals surface area (Å²) in [5.41, 5.74) is 0. The van der Waals surface area contributed by atoms with Crippen molar-refractivity contribution in [2.45, 2.75) is 58.3 Å². The van der Waals surface area contributed by atoms with Crippen LogP contribution in [0.15, 0.2) is 17.5 Å². The molecule has 1 aromatic rings. The predicted molar refractivity (Wildman–Crippen MR) is 77.0 cm³/mol. The second-order valence-corrected chi connectivity index (χ2v) is 5.63. The minimum absolute atomic E-state index is 0.0940. The fourth-order valence-corrected chi connectivity index (χ4v) is 2.54. The van der Waals surface area contributed by atoms with Gasteiger partial charge in [-0.1, -0.05) is 51.5 Å². The first-order chi connectivity index (χ1) is 8.83. The Morgan fingerprint density at radius 2 is 1.89 bits per heavy atom. The lowest BCUT2D eigenvalue weighted by molar-refractivity contribution is -0.142. The Balaban J connectivity index is 1.90. The second kappa shape index (κ2) is 10.1. The summed E-state index contributed by atoms with van der Waals surface area (Å²) >= 11 is 1.61. The maximum atomic E-state index is 11.5. The van der Waals surface area contributed by atoms with E-state index in [0.29, 0.717) is 13.0 Å². The summed E-state index contributed by atoms with van der Waals surface area (Å²) in [6.45, 7) is 2.81. The van der Waals surface area contributed by atoms with E-state index in [1.807, 2.05) is 17.5 Å². The molecule has 0 spiro atoms. The molecular weight excluding hydrogens is 244 g/mol. The molecule has 102 valence electrons. The van der Waals surface area contributed by atoms with E-state index in [1.54, 1.807) is 11.3 Å².